The second kappa shape index (κ2) is 6.97. The summed E-state index contributed by atoms with van der Waals surface area (Å²) >= 11 is 3.51. The van der Waals surface area contributed by atoms with Crippen LogP contribution in [0, 0.1) is 0 Å². The van der Waals surface area contributed by atoms with Gasteiger partial charge in [0.2, 0.25) is 11.8 Å². The van der Waals surface area contributed by atoms with Crippen LogP contribution in [0.2, 0.25) is 0 Å². The van der Waals surface area contributed by atoms with E-state index in [0.29, 0.717) is 17.0 Å². The fourth-order valence-electron chi connectivity index (χ4n) is 2.43. The summed E-state index contributed by atoms with van der Waals surface area (Å²) < 4.78 is 12.6. The van der Waals surface area contributed by atoms with E-state index in [9.17, 15) is 0 Å². The molecule has 0 aliphatic carbocycles. The van der Waals surface area contributed by atoms with Crippen LogP contribution in [-0.4, -0.2) is 15.0 Å². The lowest BCUT2D eigenvalue weighted by molar-refractivity contribution is 0.440. The van der Waals surface area contributed by atoms with Crippen LogP contribution in [0.4, 0.5) is 5.69 Å². The number of rotatable bonds is 4. The highest BCUT2D eigenvalue weighted by atomic mass is 79.9. The number of ether oxygens (including phenoxy) is 2. The minimum atomic E-state index is 0.209. The highest BCUT2D eigenvalue weighted by molar-refractivity contribution is 9.10. The molecule has 2 heterocycles. The van der Waals surface area contributed by atoms with Gasteiger partial charge < -0.3 is 15.2 Å². The summed E-state index contributed by atoms with van der Waals surface area (Å²) in [6.07, 6.45) is 3.05. The molecule has 26 heavy (non-hydrogen) atoms. The normalized spacial score (nSPS) is 10.7. The van der Waals surface area contributed by atoms with Crippen molar-refractivity contribution in [2.45, 2.75) is 0 Å². The molecule has 2 N–H and O–H groups in total. The number of benzene rings is 2. The van der Waals surface area contributed by atoms with Crippen LogP contribution in [0.1, 0.15) is 0 Å². The molecular formula is C19H13BrN4O2. The third-order valence-electron chi connectivity index (χ3n) is 3.65. The van der Waals surface area contributed by atoms with Gasteiger partial charge in [0, 0.05) is 16.1 Å². The Kier molecular flexibility index (Phi) is 4.37. The van der Waals surface area contributed by atoms with Gasteiger partial charge in [-0.05, 0) is 30.3 Å². The second-order valence-electron chi connectivity index (χ2n) is 5.36. The molecule has 0 unspecified atom stereocenters. The van der Waals surface area contributed by atoms with Crippen molar-refractivity contribution in [3.05, 3.63) is 71.6 Å². The van der Waals surface area contributed by atoms with Crippen molar-refractivity contribution in [2.24, 2.45) is 0 Å². The molecule has 0 saturated carbocycles. The summed E-state index contributed by atoms with van der Waals surface area (Å²) in [6.45, 7) is 0. The third kappa shape index (κ3) is 3.16. The monoisotopic (exact) mass is 408 g/mol. The van der Waals surface area contributed by atoms with Gasteiger partial charge in [-0.2, -0.15) is 9.97 Å². The first-order chi connectivity index (χ1) is 12.7. The Morgan fingerprint density at radius 3 is 2.38 bits per heavy atom. The molecular weight excluding hydrogens is 396 g/mol. The maximum Gasteiger partial charge on any atom is 0.249 e. The van der Waals surface area contributed by atoms with Gasteiger partial charge in [0.1, 0.15) is 17.6 Å². The number of nitrogens with two attached hydrogens (primary N) is 1. The number of fused-ring (bicyclic) bond motifs is 1. The molecule has 0 aliphatic heterocycles. The van der Waals surface area contributed by atoms with Crippen LogP contribution in [0.5, 0.6) is 23.3 Å². The van der Waals surface area contributed by atoms with E-state index in [1.165, 1.54) is 6.33 Å². The highest BCUT2D eigenvalue weighted by Gasteiger charge is 2.15. The summed E-state index contributed by atoms with van der Waals surface area (Å²) in [5.41, 5.74) is 7.06. The second-order valence-corrected chi connectivity index (χ2v) is 6.21. The molecule has 6 nitrogen and oxygen atoms in total. The van der Waals surface area contributed by atoms with E-state index in [2.05, 4.69) is 30.9 Å². The largest absolute Gasteiger partial charge is 0.437 e. The molecule has 128 valence electrons. The third-order valence-corrected chi connectivity index (χ3v) is 4.35. The SMILES string of the molecule is Nc1c(Oc2ccccc2)ncnc1Oc1ccc(Br)c2cccnc12. The lowest BCUT2D eigenvalue weighted by Gasteiger charge is -2.12. The Bertz CT molecular complexity index is 1070. The van der Waals surface area contributed by atoms with Crippen LogP contribution in [-0.2, 0) is 0 Å². The van der Waals surface area contributed by atoms with Crippen molar-refractivity contribution in [2.75, 3.05) is 5.73 Å². The molecule has 2 aromatic heterocycles. The van der Waals surface area contributed by atoms with Gasteiger partial charge in [0.25, 0.3) is 0 Å². The van der Waals surface area contributed by atoms with Crippen molar-refractivity contribution in [1.82, 2.24) is 15.0 Å². The number of anilines is 1. The average Bonchev–Trinajstić information content (AvgIpc) is 2.68. The number of hydrogen-bond donors (Lipinski definition) is 1. The number of nitrogens with zero attached hydrogens (tertiary/aromatic N) is 3. The molecule has 4 aromatic rings. The van der Waals surface area contributed by atoms with E-state index in [-0.39, 0.29) is 17.4 Å². The van der Waals surface area contributed by atoms with Crippen LogP contribution in [0.3, 0.4) is 0 Å². The lowest BCUT2D eigenvalue weighted by Crippen LogP contribution is -2.01. The zero-order valence-electron chi connectivity index (χ0n) is 13.5. The van der Waals surface area contributed by atoms with Crippen molar-refractivity contribution < 1.29 is 9.47 Å². The standard InChI is InChI=1S/C19H13BrN4O2/c20-14-8-9-15(17-13(14)7-4-10-22-17)26-19-16(21)18(23-11-24-19)25-12-5-2-1-3-6-12/h1-11H,21H2. The van der Waals surface area contributed by atoms with E-state index < -0.39 is 0 Å². The molecule has 0 amide bonds. The van der Waals surface area contributed by atoms with Crippen LogP contribution < -0.4 is 15.2 Å². The molecule has 0 bridgehead atoms. The van der Waals surface area contributed by atoms with Gasteiger partial charge in [0.15, 0.2) is 11.4 Å². The highest BCUT2D eigenvalue weighted by Crippen LogP contribution is 2.36. The van der Waals surface area contributed by atoms with Gasteiger partial charge in [-0.25, -0.2) is 0 Å². The van der Waals surface area contributed by atoms with E-state index in [1.54, 1.807) is 12.3 Å². The number of para-hydroxylation sites is 1. The van der Waals surface area contributed by atoms with Crippen LogP contribution in [0.25, 0.3) is 10.9 Å². The smallest absolute Gasteiger partial charge is 0.249 e. The Hall–Kier alpha value is -3.19. The molecule has 0 spiro atoms. The van der Waals surface area contributed by atoms with Crippen LogP contribution >= 0.6 is 15.9 Å². The van der Waals surface area contributed by atoms with Gasteiger partial charge in [-0.3, -0.25) is 4.98 Å². The molecule has 0 radical (unpaired) electrons. The fraction of sp³-hybridized carbons (Fsp3) is 0. The summed E-state index contributed by atoms with van der Waals surface area (Å²) in [7, 11) is 0. The maximum atomic E-state index is 6.15. The molecule has 2 aromatic carbocycles. The zero-order valence-corrected chi connectivity index (χ0v) is 15.1. The molecule has 0 aliphatic rings. The van der Waals surface area contributed by atoms with Gasteiger partial charge in [-0.1, -0.05) is 40.2 Å². The minimum Gasteiger partial charge on any atom is -0.437 e. The van der Waals surface area contributed by atoms with E-state index in [0.717, 1.165) is 9.86 Å². The fourth-order valence-corrected chi connectivity index (χ4v) is 2.88. The predicted molar refractivity (Wildman–Crippen MR) is 102 cm³/mol. The van der Waals surface area contributed by atoms with Gasteiger partial charge in [-0.15, -0.1) is 0 Å². The van der Waals surface area contributed by atoms with Gasteiger partial charge in [0.05, 0.1) is 0 Å². The molecule has 7 heteroatoms. The number of nitrogen functional groups attached to an aromatic ring is 1. The number of pyridine rings is 1. The Balaban J connectivity index is 1.70. The van der Waals surface area contributed by atoms with E-state index in [4.69, 9.17) is 15.2 Å². The summed E-state index contributed by atoms with van der Waals surface area (Å²) in [5, 5.41) is 0.929. The zero-order chi connectivity index (χ0) is 17.9. The molecule has 0 atom stereocenters. The first-order valence-corrected chi connectivity index (χ1v) is 8.56. The topological polar surface area (TPSA) is 83.2 Å². The van der Waals surface area contributed by atoms with Crippen molar-refractivity contribution in [3.63, 3.8) is 0 Å². The van der Waals surface area contributed by atoms with E-state index >= 15 is 0 Å². The predicted octanol–water partition coefficient (Wildman–Crippen LogP) is 4.95. The Morgan fingerprint density at radius 1 is 0.808 bits per heavy atom. The van der Waals surface area contributed by atoms with Crippen molar-refractivity contribution >= 4 is 32.5 Å². The lowest BCUT2D eigenvalue weighted by atomic mass is 10.2. The number of halogens is 1. The Morgan fingerprint density at radius 2 is 1.58 bits per heavy atom. The molecule has 0 saturated heterocycles. The summed E-state index contributed by atoms with van der Waals surface area (Å²) in [6, 6.07) is 16.8. The van der Waals surface area contributed by atoms with Crippen LogP contribution in [0.15, 0.2) is 71.6 Å². The molecule has 4 rings (SSSR count). The summed E-state index contributed by atoms with van der Waals surface area (Å²) in [5.74, 6) is 1.61. The minimum absolute atomic E-state index is 0.209. The van der Waals surface area contributed by atoms with Crippen molar-refractivity contribution in [1.29, 1.82) is 0 Å². The average molecular weight is 409 g/mol. The van der Waals surface area contributed by atoms with Crippen molar-refractivity contribution in [3.8, 4) is 23.3 Å². The molecule has 0 fully saturated rings. The Labute approximate surface area is 157 Å². The number of aromatic nitrogens is 3. The summed E-state index contributed by atoms with van der Waals surface area (Å²) in [4.78, 5) is 12.6. The maximum absolute atomic E-state index is 6.15. The number of hydrogen-bond acceptors (Lipinski definition) is 6. The van der Waals surface area contributed by atoms with E-state index in [1.807, 2.05) is 48.5 Å². The first kappa shape index (κ1) is 16.3. The van der Waals surface area contributed by atoms with Gasteiger partial charge >= 0.3 is 0 Å². The quantitative estimate of drug-likeness (QED) is 0.513. The first-order valence-electron chi connectivity index (χ1n) is 7.77.